The van der Waals surface area contributed by atoms with E-state index in [-0.39, 0.29) is 0 Å². The van der Waals surface area contributed by atoms with E-state index < -0.39 is 0 Å². The van der Waals surface area contributed by atoms with Crippen LogP contribution >= 0.6 is 0 Å². The van der Waals surface area contributed by atoms with Crippen LogP contribution in [0.4, 0.5) is 0 Å². The standard InChI is InChI=1S/C21H28/c1-18-4-3-10-8-20-11-5-13-16(17(18)15(20)6-11)14-7-12(10)21(14,9-18)19(13,20)2/h10-17H,3-9H2,1-2H3. The van der Waals surface area contributed by atoms with Crippen molar-refractivity contribution < 1.29 is 0 Å². The van der Waals surface area contributed by atoms with E-state index in [2.05, 4.69) is 13.8 Å². The van der Waals surface area contributed by atoms with Crippen molar-refractivity contribution in [2.45, 2.75) is 58.8 Å². The smallest absolute Gasteiger partial charge is 0.0168 e. The van der Waals surface area contributed by atoms with Gasteiger partial charge in [-0.15, -0.1) is 0 Å². The third-order valence-electron chi connectivity index (χ3n) is 12.5. The molecule has 0 aromatic rings. The largest absolute Gasteiger partial charge is 0.0593 e. The highest BCUT2D eigenvalue weighted by Gasteiger charge is 2.95. The van der Waals surface area contributed by atoms with Gasteiger partial charge in [0.2, 0.25) is 0 Å². The van der Waals surface area contributed by atoms with Gasteiger partial charge in [0.25, 0.3) is 0 Å². The Balaban J connectivity index is 1.60. The zero-order valence-electron chi connectivity index (χ0n) is 13.6. The molecule has 0 radical (unpaired) electrons. The molecule has 0 aromatic heterocycles. The zero-order valence-corrected chi connectivity index (χ0v) is 13.6. The van der Waals surface area contributed by atoms with E-state index in [0.717, 1.165) is 27.6 Å². The molecular formula is C21H28. The van der Waals surface area contributed by atoms with Crippen LogP contribution in [0.2, 0.25) is 0 Å². The number of fused-ring (bicyclic) bond motifs is 3. The minimum Gasteiger partial charge on any atom is -0.0593 e. The Hall–Kier alpha value is 0. The molecule has 0 heterocycles. The van der Waals surface area contributed by atoms with Crippen molar-refractivity contribution in [3.63, 3.8) is 0 Å². The Morgan fingerprint density at radius 1 is 0.857 bits per heavy atom. The van der Waals surface area contributed by atoms with E-state index in [4.69, 9.17) is 0 Å². The lowest BCUT2D eigenvalue weighted by molar-refractivity contribution is -0.267. The number of hydrogen-bond donors (Lipinski definition) is 0. The molecular weight excluding hydrogens is 252 g/mol. The van der Waals surface area contributed by atoms with E-state index in [9.17, 15) is 0 Å². The van der Waals surface area contributed by atoms with Gasteiger partial charge in [-0.05, 0) is 114 Å². The zero-order chi connectivity index (χ0) is 13.6. The minimum atomic E-state index is 0.771. The molecule has 0 nitrogen and oxygen atoms in total. The van der Waals surface area contributed by atoms with E-state index in [0.29, 0.717) is 0 Å². The fraction of sp³-hybridized carbons (Fsp3) is 1.00. The Bertz CT molecular complexity index is 636. The number of hydrogen-bond acceptors (Lipinski definition) is 0. The van der Waals surface area contributed by atoms with Crippen LogP contribution in [0.25, 0.3) is 0 Å². The van der Waals surface area contributed by atoms with Gasteiger partial charge in [0.05, 0.1) is 0 Å². The molecule has 8 saturated carbocycles. The summed E-state index contributed by atoms with van der Waals surface area (Å²) in [5.41, 5.74) is 3.35. The Morgan fingerprint density at radius 3 is 2.62 bits per heavy atom. The van der Waals surface area contributed by atoms with Gasteiger partial charge in [-0.3, -0.25) is 0 Å². The first-order valence-electron chi connectivity index (χ1n) is 10.1. The normalized spacial score (nSPS) is 86.0. The second-order valence-corrected chi connectivity index (χ2v) is 11.5. The highest BCUT2D eigenvalue weighted by atomic mass is 15.0. The first kappa shape index (κ1) is 10.7. The topological polar surface area (TPSA) is 0 Å². The van der Waals surface area contributed by atoms with E-state index in [1.807, 2.05) is 0 Å². The average Bonchev–Trinajstić information content (AvgIpc) is 2.55. The summed E-state index contributed by atoms with van der Waals surface area (Å²) in [7, 11) is 0. The molecule has 12 unspecified atom stereocenters. The van der Waals surface area contributed by atoms with Gasteiger partial charge in [0, 0.05) is 0 Å². The maximum atomic E-state index is 2.88. The predicted octanol–water partition coefficient (Wildman–Crippen LogP) is 4.74. The highest BCUT2D eigenvalue weighted by Crippen LogP contribution is 3.00. The molecule has 0 amide bonds. The Morgan fingerprint density at radius 2 is 1.71 bits per heavy atom. The van der Waals surface area contributed by atoms with Crippen LogP contribution in [0.1, 0.15) is 58.8 Å². The summed E-state index contributed by atoms with van der Waals surface area (Å²) < 4.78 is 0. The van der Waals surface area contributed by atoms with Crippen LogP contribution in [-0.4, -0.2) is 0 Å². The lowest BCUT2D eigenvalue weighted by atomic mass is 9.30. The van der Waals surface area contributed by atoms with Gasteiger partial charge in [-0.25, -0.2) is 0 Å². The summed E-state index contributed by atoms with van der Waals surface area (Å²) in [6.45, 7) is 5.66. The molecule has 21 heavy (non-hydrogen) atoms. The van der Waals surface area contributed by atoms with Crippen molar-refractivity contribution in [1.82, 2.24) is 0 Å². The third-order valence-corrected chi connectivity index (χ3v) is 12.5. The molecule has 0 aliphatic heterocycles. The van der Waals surface area contributed by atoms with Crippen LogP contribution in [0.5, 0.6) is 0 Å². The van der Waals surface area contributed by atoms with Gasteiger partial charge >= 0.3 is 0 Å². The second kappa shape index (κ2) is 2.39. The molecule has 2 spiro atoms. The molecule has 8 rings (SSSR count). The molecule has 7 bridgehead atoms. The van der Waals surface area contributed by atoms with Crippen molar-refractivity contribution in [3.8, 4) is 0 Å². The molecule has 8 fully saturated rings. The molecule has 12 atom stereocenters. The van der Waals surface area contributed by atoms with Crippen molar-refractivity contribution in [2.24, 2.45) is 69.0 Å². The van der Waals surface area contributed by atoms with Crippen LogP contribution in [0.3, 0.4) is 0 Å². The van der Waals surface area contributed by atoms with Crippen LogP contribution in [0.15, 0.2) is 0 Å². The fourth-order valence-corrected chi connectivity index (χ4v) is 12.8. The fourth-order valence-electron chi connectivity index (χ4n) is 12.8. The van der Waals surface area contributed by atoms with Crippen molar-refractivity contribution >= 4 is 0 Å². The molecule has 8 aliphatic rings. The van der Waals surface area contributed by atoms with E-state index in [1.165, 1.54) is 41.4 Å². The molecule has 0 heteroatoms. The van der Waals surface area contributed by atoms with E-state index in [1.54, 1.807) is 44.9 Å². The summed E-state index contributed by atoms with van der Waals surface area (Å²) in [6, 6.07) is 0. The summed E-state index contributed by atoms with van der Waals surface area (Å²) in [6.07, 6.45) is 11.7. The predicted molar refractivity (Wildman–Crippen MR) is 81.3 cm³/mol. The lowest BCUT2D eigenvalue weighted by Gasteiger charge is -2.74. The van der Waals surface area contributed by atoms with Gasteiger partial charge in [-0.1, -0.05) is 13.8 Å². The van der Waals surface area contributed by atoms with Crippen molar-refractivity contribution in [3.05, 3.63) is 0 Å². The quantitative estimate of drug-likeness (QED) is 0.601. The van der Waals surface area contributed by atoms with Gasteiger partial charge in [0.15, 0.2) is 0 Å². The van der Waals surface area contributed by atoms with Crippen LogP contribution in [0, 0.1) is 69.0 Å². The van der Waals surface area contributed by atoms with E-state index >= 15 is 0 Å². The van der Waals surface area contributed by atoms with Gasteiger partial charge < -0.3 is 0 Å². The lowest BCUT2D eigenvalue weighted by Crippen LogP contribution is -2.69. The monoisotopic (exact) mass is 280 g/mol. The minimum absolute atomic E-state index is 0.771. The maximum Gasteiger partial charge on any atom is -0.0168 e. The molecule has 0 aromatic carbocycles. The van der Waals surface area contributed by atoms with Crippen molar-refractivity contribution in [2.75, 3.05) is 0 Å². The SMILES string of the molecule is CC12CCC3CC45C6CC4C1C1C4CC3C4(C2)C5(C)C1C6. The summed E-state index contributed by atoms with van der Waals surface area (Å²) >= 11 is 0. The summed E-state index contributed by atoms with van der Waals surface area (Å²) in [4.78, 5) is 0. The third kappa shape index (κ3) is 0.611. The molecule has 0 N–H and O–H groups in total. The number of rotatable bonds is 0. The first-order chi connectivity index (χ1) is 10.1. The maximum absolute atomic E-state index is 2.88. The summed E-state index contributed by atoms with van der Waals surface area (Å²) in [5.74, 6) is 9.50. The van der Waals surface area contributed by atoms with Gasteiger partial charge in [0.1, 0.15) is 0 Å². The Kier molecular flexibility index (Phi) is 1.22. The Labute approximate surface area is 128 Å². The average molecular weight is 280 g/mol. The second-order valence-electron chi connectivity index (χ2n) is 11.5. The van der Waals surface area contributed by atoms with Gasteiger partial charge in [-0.2, -0.15) is 0 Å². The summed E-state index contributed by atoms with van der Waals surface area (Å²) in [5, 5.41) is 0. The van der Waals surface area contributed by atoms with Crippen LogP contribution < -0.4 is 0 Å². The first-order valence-corrected chi connectivity index (χ1v) is 10.1. The van der Waals surface area contributed by atoms with Crippen LogP contribution in [-0.2, 0) is 0 Å². The molecule has 8 aliphatic carbocycles. The van der Waals surface area contributed by atoms with Crippen molar-refractivity contribution in [1.29, 1.82) is 0 Å². The highest BCUT2D eigenvalue weighted by molar-refractivity contribution is 5.42. The molecule has 0 saturated heterocycles. The molecule has 112 valence electrons.